The summed E-state index contributed by atoms with van der Waals surface area (Å²) in [6.07, 6.45) is 13.7. The smallest absolute Gasteiger partial charge is 0.220 e. The molecule has 0 radical (unpaired) electrons. The maximum Gasteiger partial charge on any atom is 0.220 e. The second-order valence-corrected chi connectivity index (χ2v) is 6.94. The molecular weight excluding hydrogens is 324 g/mol. The first-order chi connectivity index (χ1) is 12.7. The topological polar surface area (TPSA) is 41.9 Å². The Labute approximate surface area is 156 Å². The van der Waals surface area contributed by atoms with Crippen molar-refractivity contribution in [3.8, 4) is 0 Å². The number of benzene rings is 1. The summed E-state index contributed by atoms with van der Waals surface area (Å²) in [5, 5.41) is 0. The van der Waals surface area contributed by atoms with Crippen molar-refractivity contribution in [2.75, 3.05) is 19.7 Å². The van der Waals surface area contributed by atoms with E-state index in [1.165, 1.54) is 18.4 Å². The number of aliphatic imine (C=N–C) groups is 1. The lowest BCUT2D eigenvalue weighted by molar-refractivity contribution is -0.131. The van der Waals surface area contributed by atoms with E-state index in [4.69, 9.17) is 4.74 Å². The van der Waals surface area contributed by atoms with Crippen LogP contribution in [0, 0.1) is 0 Å². The molecule has 2 heterocycles. The molecule has 26 heavy (non-hydrogen) atoms. The highest BCUT2D eigenvalue weighted by Crippen LogP contribution is 2.35. The molecule has 0 bridgehead atoms. The minimum atomic E-state index is -0.371. The van der Waals surface area contributed by atoms with Crippen LogP contribution >= 0.6 is 0 Å². The van der Waals surface area contributed by atoms with Crippen LogP contribution in [0.4, 0.5) is 0 Å². The van der Waals surface area contributed by atoms with Crippen molar-refractivity contribution in [1.29, 1.82) is 0 Å². The molecule has 1 aliphatic carbocycles. The van der Waals surface area contributed by atoms with Gasteiger partial charge >= 0.3 is 0 Å². The Kier molecular flexibility index (Phi) is 6.26. The zero-order valence-corrected chi connectivity index (χ0v) is 15.6. The molecule has 4 nitrogen and oxygen atoms in total. The summed E-state index contributed by atoms with van der Waals surface area (Å²) in [5.74, 6) is 0.866. The van der Waals surface area contributed by atoms with Crippen LogP contribution in [-0.2, 0) is 16.0 Å². The predicted molar refractivity (Wildman–Crippen MR) is 105 cm³/mol. The molecule has 1 aromatic rings. The second-order valence-electron chi connectivity index (χ2n) is 6.94. The minimum absolute atomic E-state index is 0.108. The number of amides is 1. The van der Waals surface area contributed by atoms with Gasteiger partial charge < -0.3 is 9.64 Å². The van der Waals surface area contributed by atoms with Gasteiger partial charge in [0.25, 0.3) is 0 Å². The number of carbonyl (C=O) groups is 1. The molecule has 1 atom stereocenters. The largest absolute Gasteiger partial charge is 0.477 e. The fourth-order valence-corrected chi connectivity index (χ4v) is 3.91. The van der Waals surface area contributed by atoms with Crippen LogP contribution in [-0.4, -0.2) is 41.9 Å². The highest BCUT2D eigenvalue weighted by atomic mass is 16.5. The average Bonchev–Trinajstić information content (AvgIpc) is 3.35. The molecule has 4 rings (SSSR count). The third-order valence-corrected chi connectivity index (χ3v) is 5.08. The fourth-order valence-electron chi connectivity index (χ4n) is 3.91. The standard InChI is InChI=1S/C16H20N2O2.C6H8/c1-13(19)18-10-5-8-16(18,15-17-9-11-20-15)12-14-6-3-2-4-7-14;1-2-4-6-5-3-1/h2-4,6-7H,5,8-12H2,1H3;1-4H,5-6H2. The van der Waals surface area contributed by atoms with Crippen molar-refractivity contribution in [3.63, 3.8) is 0 Å². The van der Waals surface area contributed by atoms with E-state index in [9.17, 15) is 4.79 Å². The van der Waals surface area contributed by atoms with Gasteiger partial charge in [-0.15, -0.1) is 0 Å². The first-order valence-corrected chi connectivity index (χ1v) is 9.54. The number of hydrogen-bond acceptors (Lipinski definition) is 3. The molecule has 1 unspecified atom stereocenters. The van der Waals surface area contributed by atoms with E-state index in [1.54, 1.807) is 6.92 Å². The van der Waals surface area contributed by atoms with Gasteiger partial charge in [-0.25, -0.2) is 4.99 Å². The molecule has 2 aliphatic heterocycles. The molecule has 1 fully saturated rings. The van der Waals surface area contributed by atoms with Crippen LogP contribution < -0.4 is 0 Å². The predicted octanol–water partition coefficient (Wildman–Crippen LogP) is 3.93. The molecule has 3 aliphatic rings. The Balaban J connectivity index is 0.000000278. The SMILES string of the molecule is C1=CCCC=C1.CC(=O)N1CCCC1(Cc1ccccc1)C1=NCCO1. The maximum absolute atomic E-state index is 12.0. The van der Waals surface area contributed by atoms with E-state index in [0.29, 0.717) is 13.2 Å². The molecule has 1 saturated heterocycles. The number of ether oxygens (including phenoxy) is 1. The number of likely N-dealkylation sites (tertiary alicyclic amines) is 1. The Bertz CT molecular complexity index is 681. The van der Waals surface area contributed by atoms with Crippen LogP contribution in [0.1, 0.15) is 38.2 Å². The van der Waals surface area contributed by atoms with E-state index >= 15 is 0 Å². The molecule has 0 N–H and O–H groups in total. The number of rotatable bonds is 3. The highest BCUT2D eigenvalue weighted by Gasteiger charge is 2.48. The Morgan fingerprint density at radius 3 is 2.46 bits per heavy atom. The average molecular weight is 352 g/mol. The van der Waals surface area contributed by atoms with E-state index < -0.39 is 0 Å². The lowest BCUT2D eigenvalue weighted by Crippen LogP contribution is -2.54. The molecule has 1 amide bonds. The zero-order valence-electron chi connectivity index (χ0n) is 15.6. The summed E-state index contributed by atoms with van der Waals surface area (Å²) in [6, 6.07) is 10.3. The molecule has 1 aromatic carbocycles. The normalized spacial score (nSPS) is 23.9. The van der Waals surface area contributed by atoms with Crippen LogP contribution in [0.5, 0.6) is 0 Å². The molecule has 138 valence electrons. The minimum Gasteiger partial charge on any atom is -0.477 e. The third-order valence-electron chi connectivity index (χ3n) is 5.08. The van der Waals surface area contributed by atoms with Crippen LogP contribution in [0.15, 0.2) is 59.6 Å². The van der Waals surface area contributed by atoms with Gasteiger partial charge in [-0.3, -0.25) is 4.79 Å². The Morgan fingerprint density at radius 2 is 1.92 bits per heavy atom. The second kappa shape index (κ2) is 8.84. The number of nitrogens with zero attached hydrogens (tertiary/aromatic N) is 2. The van der Waals surface area contributed by atoms with Gasteiger partial charge in [0, 0.05) is 19.9 Å². The fraction of sp³-hybridized carbons (Fsp3) is 0.455. The van der Waals surface area contributed by atoms with Crippen molar-refractivity contribution in [2.45, 2.75) is 44.6 Å². The van der Waals surface area contributed by atoms with Crippen LogP contribution in [0.3, 0.4) is 0 Å². The quantitative estimate of drug-likeness (QED) is 0.827. The summed E-state index contributed by atoms with van der Waals surface area (Å²) >= 11 is 0. The van der Waals surface area contributed by atoms with Gasteiger partial charge in [0.1, 0.15) is 12.1 Å². The van der Waals surface area contributed by atoms with Gasteiger partial charge in [0.05, 0.1) is 6.54 Å². The van der Waals surface area contributed by atoms with Gasteiger partial charge in [-0.2, -0.15) is 0 Å². The molecular formula is C22H28N2O2. The lowest BCUT2D eigenvalue weighted by Gasteiger charge is -2.37. The van der Waals surface area contributed by atoms with Gasteiger partial charge in [-0.05, 0) is 31.2 Å². The first kappa shape index (κ1) is 18.4. The van der Waals surface area contributed by atoms with Crippen LogP contribution in [0.2, 0.25) is 0 Å². The number of hydrogen-bond donors (Lipinski definition) is 0. The van der Waals surface area contributed by atoms with Crippen LogP contribution in [0.25, 0.3) is 0 Å². The summed E-state index contributed by atoms with van der Waals surface area (Å²) < 4.78 is 5.75. The molecule has 4 heteroatoms. The van der Waals surface area contributed by atoms with Crippen molar-refractivity contribution >= 4 is 11.8 Å². The molecule has 0 saturated carbocycles. The third kappa shape index (κ3) is 4.24. The first-order valence-electron chi connectivity index (χ1n) is 9.54. The Morgan fingerprint density at radius 1 is 1.19 bits per heavy atom. The summed E-state index contributed by atoms with van der Waals surface area (Å²) in [7, 11) is 0. The van der Waals surface area contributed by atoms with Gasteiger partial charge in [0.2, 0.25) is 11.8 Å². The highest BCUT2D eigenvalue weighted by molar-refractivity contribution is 5.92. The molecule has 0 aromatic heterocycles. The van der Waals surface area contributed by atoms with E-state index in [2.05, 4.69) is 41.4 Å². The number of allylic oxidation sites excluding steroid dienone is 4. The number of carbonyl (C=O) groups excluding carboxylic acids is 1. The van der Waals surface area contributed by atoms with Crippen molar-refractivity contribution in [2.24, 2.45) is 4.99 Å². The van der Waals surface area contributed by atoms with E-state index in [0.717, 1.165) is 31.7 Å². The summed E-state index contributed by atoms with van der Waals surface area (Å²) in [4.78, 5) is 18.5. The van der Waals surface area contributed by atoms with Gasteiger partial charge in [-0.1, -0.05) is 54.6 Å². The lowest BCUT2D eigenvalue weighted by atomic mass is 9.87. The van der Waals surface area contributed by atoms with Crippen molar-refractivity contribution in [1.82, 2.24) is 4.90 Å². The summed E-state index contributed by atoms with van der Waals surface area (Å²) in [5.41, 5.74) is 0.850. The zero-order chi connectivity index (χ0) is 18.2. The summed E-state index contributed by atoms with van der Waals surface area (Å²) in [6.45, 7) is 3.78. The van der Waals surface area contributed by atoms with Crippen molar-refractivity contribution in [3.05, 3.63) is 60.2 Å². The maximum atomic E-state index is 12.0. The van der Waals surface area contributed by atoms with Crippen molar-refractivity contribution < 1.29 is 9.53 Å². The molecule has 0 spiro atoms. The monoisotopic (exact) mass is 352 g/mol. The Hall–Kier alpha value is -2.36. The van der Waals surface area contributed by atoms with Gasteiger partial charge in [0.15, 0.2) is 0 Å². The van der Waals surface area contributed by atoms with E-state index in [1.807, 2.05) is 23.1 Å². The van der Waals surface area contributed by atoms with E-state index in [-0.39, 0.29) is 11.4 Å².